The van der Waals surface area contributed by atoms with E-state index in [9.17, 15) is 18.8 Å². The summed E-state index contributed by atoms with van der Waals surface area (Å²) in [6.45, 7) is -0.344. The number of thiocarbonyl (C=S) groups is 1. The van der Waals surface area contributed by atoms with E-state index in [-0.39, 0.29) is 23.0 Å². The van der Waals surface area contributed by atoms with Crippen molar-refractivity contribution < 1.29 is 23.5 Å². The molecule has 0 atom stereocenters. The average molecular weight is 399 g/mol. The number of carbonyl (C=O) groups is 3. The summed E-state index contributed by atoms with van der Waals surface area (Å²) in [5.74, 6) is -1.96. The first-order chi connectivity index (χ1) is 13.4. The molecule has 0 radical (unpaired) electrons. The van der Waals surface area contributed by atoms with Crippen LogP contribution in [-0.2, 0) is 14.4 Å². The number of hydrogen-bond donors (Lipinski definition) is 3. The largest absolute Gasteiger partial charge is 0.484 e. The monoisotopic (exact) mass is 399 g/mol. The van der Waals surface area contributed by atoms with Crippen LogP contribution in [0.5, 0.6) is 5.75 Å². The Kier molecular flexibility index (Phi) is 5.75. The second kappa shape index (κ2) is 8.40. The highest BCUT2D eigenvalue weighted by molar-refractivity contribution is 7.80. The van der Waals surface area contributed by atoms with Gasteiger partial charge in [0.2, 0.25) is 0 Å². The lowest BCUT2D eigenvalue weighted by Gasteiger charge is -2.16. The summed E-state index contributed by atoms with van der Waals surface area (Å²) in [6, 6.07) is 12.2. The van der Waals surface area contributed by atoms with Crippen LogP contribution in [0.25, 0.3) is 6.08 Å². The molecule has 1 saturated heterocycles. The Morgan fingerprint density at radius 1 is 1.11 bits per heavy atom. The maximum atomic E-state index is 13.5. The lowest BCUT2D eigenvalue weighted by atomic mass is 10.1. The molecule has 1 aliphatic rings. The van der Waals surface area contributed by atoms with Gasteiger partial charge in [-0.3, -0.25) is 25.0 Å². The third-order valence-electron chi connectivity index (χ3n) is 3.63. The quantitative estimate of drug-likeness (QED) is 0.405. The second-order valence-corrected chi connectivity index (χ2v) is 6.09. The molecule has 0 unspecified atom stereocenters. The smallest absolute Gasteiger partial charge is 0.263 e. The van der Waals surface area contributed by atoms with Crippen molar-refractivity contribution in [1.82, 2.24) is 10.6 Å². The number of anilines is 1. The zero-order valence-electron chi connectivity index (χ0n) is 14.3. The maximum absolute atomic E-state index is 13.5. The molecular formula is C19H14FN3O4S. The number of rotatable bonds is 5. The number of carbonyl (C=O) groups excluding carboxylic acids is 3. The normalized spacial score (nSPS) is 13.5. The van der Waals surface area contributed by atoms with Gasteiger partial charge in [-0.05, 0) is 48.1 Å². The van der Waals surface area contributed by atoms with Gasteiger partial charge in [-0.2, -0.15) is 0 Å². The van der Waals surface area contributed by atoms with Crippen LogP contribution >= 0.6 is 12.2 Å². The SMILES string of the molecule is O=C(COc1cccc(C=C2C(=O)NC(=S)NC2=O)c1)Nc1ccccc1F. The molecule has 0 bridgehead atoms. The van der Waals surface area contributed by atoms with Gasteiger partial charge in [0.1, 0.15) is 17.1 Å². The van der Waals surface area contributed by atoms with Gasteiger partial charge in [0.25, 0.3) is 17.7 Å². The number of benzene rings is 2. The Hall–Kier alpha value is -3.59. The Morgan fingerprint density at radius 3 is 2.54 bits per heavy atom. The molecule has 1 fully saturated rings. The van der Waals surface area contributed by atoms with Crippen LogP contribution in [0.3, 0.4) is 0 Å². The van der Waals surface area contributed by atoms with Crippen molar-refractivity contribution >= 4 is 46.8 Å². The van der Waals surface area contributed by atoms with Crippen LogP contribution in [0.4, 0.5) is 10.1 Å². The van der Waals surface area contributed by atoms with E-state index in [0.717, 1.165) is 0 Å². The molecule has 0 saturated carbocycles. The van der Waals surface area contributed by atoms with Crippen molar-refractivity contribution in [3.8, 4) is 5.75 Å². The van der Waals surface area contributed by atoms with Gasteiger partial charge in [-0.25, -0.2) is 4.39 Å². The lowest BCUT2D eigenvalue weighted by molar-refractivity contribution is -0.123. The van der Waals surface area contributed by atoms with Crippen molar-refractivity contribution in [2.75, 3.05) is 11.9 Å². The summed E-state index contributed by atoms with van der Waals surface area (Å²) in [4.78, 5) is 35.7. The van der Waals surface area contributed by atoms with E-state index in [1.807, 2.05) is 0 Å². The van der Waals surface area contributed by atoms with Crippen molar-refractivity contribution in [3.63, 3.8) is 0 Å². The minimum Gasteiger partial charge on any atom is -0.484 e. The highest BCUT2D eigenvalue weighted by atomic mass is 32.1. The third kappa shape index (κ3) is 4.77. The molecule has 0 aliphatic carbocycles. The molecule has 2 aromatic rings. The Bertz CT molecular complexity index is 984. The molecule has 1 heterocycles. The van der Waals surface area contributed by atoms with Gasteiger partial charge >= 0.3 is 0 Å². The molecule has 3 amide bonds. The second-order valence-electron chi connectivity index (χ2n) is 5.68. The zero-order chi connectivity index (χ0) is 20.1. The van der Waals surface area contributed by atoms with E-state index in [0.29, 0.717) is 11.3 Å². The zero-order valence-corrected chi connectivity index (χ0v) is 15.1. The summed E-state index contributed by atoms with van der Waals surface area (Å²) in [5, 5.41) is 7.04. The van der Waals surface area contributed by atoms with Gasteiger partial charge < -0.3 is 10.1 Å². The fourth-order valence-electron chi connectivity index (χ4n) is 2.36. The molecule has 7 nitrogen and oxygen atoms in total. The number of ether oxygens (including phenoxy) is 1. The van der Waals surface area contributed by atoms with Gasteiger partial charge in [0, 0.05) is 0 Å². The summed E-state index contributed by atoms with van der Waals surface area (Å²) in [6.07, 6.45) is 1.37. The van der Waals surface area contributed by atoms with E-state index < -0.39 is 23.5 Å². The predicted molar refractivity (Wildman–Crippen MR) is 104 cm³/mol. The van der Waals surface area contributed by atoms with Gasteiger partial charge in [0.15, 0.2) is 11.7 Å². The van der Waals surface area contributed by atoms with Crippen LogP contribution in [0.2, 0.25) is 0 Å². The van der Waals surface area contributed by atoms with Crippen LogP contribution in [-0.4, -0.2) is 29.4 Å². The molecule has 28 heavy (non-hydrogen) atoms. The first-order valence-corrected chi connectivity index (χ1v) is 8.49. The highest BCUT2D eigenvalue weighted by Crippen LogP contribution is 2.17. The summed E-state index contributed by atoms with van der Waals surface area (Å²) < 4.78 is 18.9. The summed E-state index contributed by atoms with van der Waals surface area (Å²) in [7, 11) is 0. The number of amides is 3. The summed E-state index contributed by atoms with van der Waals surface area (Å²) in [5.41, 5.74) is 0.463. The molecule has 0 aromatic heterocycles. The third-order valence-corrected chi connectivity index (χ3v) is 3.83. The highest BCUT2D eigenvalue weighted by Gasteiger charge is 2.25. The van der Waals surface area contributed by atoms with E-state index in [2.05, 4.69) is 16.0 Å². The topological polar surface area (TPSA) is 96.5 Å². The molecule has 1 aliphatic heterocycles. The lowest BCUT2D eigenvalue weighted by Crippen LogP contribution is -2.51. The van der Waals surface area contributed by atoms with Crippen molar-refractivity contribution in [1.29, 1.82) is 0 Å². The first kappa shape index (κ1) is 19.2. The van der Waals surface area contributed by atoms with Gasteiger partial charge in [-0.1, -0.05) is 24.3 Å². The summed E-state index contributed by atoms with van der Waals surface area (Å²) >= 11 is 4.74. The Morgan fingerprint density at radius 2 is 1.82 bits per heavy atom. The molecule has 3 N–H and O–H groups in total. The Labute approximate surface area is 164 Å². The van der Waals surface area contributed by atoms with Crippen LogP contribution in [0, 0.1) is 5.82 Å². The van der Waals surface area contributed by atoms with Crippen LogP contribution < -0.4 is 20.7 Å². The molecule has 9 heteroatoms. The van der Waals surface area contributed by atoms with Crippen molar-refractivity contribution in [3.05, 3.63) is 65.5 Å². The maximum Gasteiger partial charge on any atom is 0.263 e. The van der Waals surface area contributed by atoms with E-state index in [4.69, 9.17) is 17.0 Å². The van der Waals surface area contributed by atoms with Gasteiger partial charge in [0.05, 0.1) is 5.69 Å². The first-order valence-electron chi connectivity index (χ1n) is 8.08. The molecule has 142 valence electrons. The number of nitrogens with one attached hydrogen (secondary N) is 3. The van der Waals surface area contributed by atoms with E-state index in [1.54, 1.807) is 30.3 Å². The fraction of sp³-hybridized carbons (Fsp3) is 0.0526. The number of halogens is 1. The van der Waals surface area contributed by atoms with E-state index in [1.165, 1.54) is 24.3 Å². The molecular weight excluding hydrogens is 385 g/mol. The predicted octanol–water partition coefficient (Wildman–Crippen LogP) is 1.76. The van der Waals surface area contributed by atoms with Crippen molar-refractivity contribution in [2.45, 2.75) is 0 Å². The van der Waals surface area contributed by atoms with Crippen LogP contribution in [0.15, 0.2) is 54.1 Å². The van der Waals surface area contributed by atoms with Crippen LogP contribution in [0.1, 0.15) is 5.56 Å². The fourth-order valence-corrected chi connectivity index (χ4v) is 2.55. The van der Waals surface area contributed by atoms with Gasteiger partial charge in [-0.15, -0.1) is 0 Å². The molecule has 2 aromatic carbocycles. The van der Waals surface area contributed by atoms with Crippen molar-refractivity contribution in [2.24, 2.45) is 0 Å². The molecule has 0 spiro atoms. The minimum atomic E-state index is -0.607. The number of hydrogen-bond acceptors (Lipinski definition) is 5. The minimum absolute atomic E-state index is 0.0508. The van der Waals surface area contributed by atoms with E-state index >= 15 is 0 Å². The standard InChI is InChI=1S/C19H14FN3O4S/c20-14-6-1-2-7-15(14)21-16(24)10-27-12-5-3-4-11(8-12)9-13-17(25)22-19(28)23-18(13)26/h1-9H,10H2,(H,21,24)(H2,22,23,25,26,28). The Balaban J connectivity index is 1.65. The number of para-hydroxylation sites is 1. The molecule has 3 rings (SSSR count). The average Bonchev–Trinajstić information content (AvgIpc) is 2.65.